The summed E-state index contributed by atoms with van der Waals surface area (Å²) in [5.41, 5.74) is 2.24. The molecule has 4 nitrogen and oxygen atoms in total. The van der Waals surface area contributed by atoms with Crippen LogP contribution in [0.15, 0.2) is 66.7 Å². The molecule has 1 fully saturated rings. The zero-order valence-electron chi connectivity index (χ0n) is 20.1. The Kier molecular flexibility index (Phi) is 7.69. The van der Waals surface area contributed by atoms with Gasteiger partial charge in [0.25, 0.3) is 0 Å². The molecule has 4 heteroatoms. The van der Waals surface area contributed by atoms with Gasteiger partial charge in [-0.05, 0) is 61.4 Å². The van der Waals surface area contributed by atoms with Gasteiger partial charge in [0.15, 0.2) is 0 Å². The Morgan fingerprint density at radius 2 is 1.73 bits per heavy atom. The fraction of sp³-hybridized carbons (Fsp3) is 0.448. The SMILES string of the molecule is COc1ccccc1C(OC[C@H](O)CNC(C)(C)Cc1ccc2ccccc2c1)C1CCC1. The number of benzene rings is 3. The molecule has 0 heterocycles. The van der Waals surface area contributed by atoms with Crippen molar-refractivity contribution in [1.29, 1.82) is 0 Å². The van der Waals surface area contributed by atoms with Gasteiger partial charge in [0, 0.05) is 17.6 Å². The van der Waals surface area contributed by atoms with Crippen LogP contribution in [-0.2, 0) is 11.2 Å². The maximum Gasteiger partial charge on any atom is 0.124 e. The second-order valence-electron chi connectivity index (χ2n) is 9.96. The molecule has 0 aromatic heterocycles. The average Bonchev–Trinajstić information content (AvgIpc) is 2.79. The fourth-order valence-corrected chi connectivity index (χ4v) is 4.71. The van der Waals surface area contributed by atoms with Gasteiger partial charge in [-0.15, -0.1) is 0 Å². The monoisotopic (exact) mass is 447 g/mol. The first-order valence-electron chi connectivity index (χ1n) is 12.1. The number of fused-ring (bicyclic) bond motifs is 1. The van der Waals surface area contributed by atoms with E-state index in [9.17, 15) is 5.11 Å². The number of methoxy groups -OCH3 is 1. The zero-order chi connectivity index (χ0) is 23.3. The van der Waals surface area contributed by atoms with Crippen LogP contribution in [0, 0.1) is 5.92 Å². The Bertz CT molecular complexity index is 1040. The standard InChI is InChI=1S/C29H37NO3/c1-29(2,18-21-15-16-22-9-4-5-10-24(22)17-21)30-19-25(31)20-33-28(23-11-8-12-23)26-13-6-7-14-27(26)32-3/h4-7,9-10,13-17,23,25,28,30-31H,8,11-12,18-20H2,1-3H3/t25-,28?/m1/s1. The van der Waals surface area contributed by atoms with E-state index in [0.29, 0.717) is 19.1 Å². The molecule has 1 aliphatic rings. The van der Waals surface area contributed by atoms with Gasteiger partial charge in [0.1, 0.15) is 5.75 Å². The smallest absolute Gasteiger partial charge is 0.124 e. The summed E-state index contributed by atoms with van der Waals surface area (Å²) in [5.74, 6) is 1.35. The lowest BCUT2D eigenvalue weighted by atomic mass is 9.78. The predicted octanol–water partition coefficient (Wildman–Crippen LogP) is 5.68. The summed E-state index contributed by atoms with van der Waals surface area (Å²) in [7, 11) is 1.70. The Hall–Kier alpha value is -2.40. The molecule has 3 aromatic carbocycles. The summed E-state index contributed by atoms with van der Waals surface area (Å²) in [6.45, 7) is 5.16. The Morgan fingerprint density at radius 1 is 1.00 bits per heavy atom. The van der Waals surface area contributed by atoms with E-state index in [4.69, 9.17) is 9.47 Å². The molecule has 3 aromatic rings. The Morgan fingerprint density at radius 3 is 2.45 bits per heavy atom. The van der Waals surface area contributed by atoms with Gasteiger partial charge in [-0.25, -0.2) is 0 Å². The molecular formula is C29H37NO3. The van der Waals surface area contributed by atoms with Crippen molar-refractivity contribution >= 4 is 10.8 Å². The molecule has 0 aliphatic heterocycles. The summed E-state index contributed by atoms with van der Waals surface area (Å²) in [4.78, 5) is 0. The highest BCUT2D eigenvalue weighted by Crippen LogP contribution is 2.42. The summed E-state index contributed by atoms with van der Waals surface area (Å²) in [6, 6.07) is 23.2. The van der Waals surface area contributed by atoms with Crippen LogP contribution in [-0.4, -0.2) is 37.0 Å². The summed E-state index contributed by atoms with van der Waals surface area (Å²) >= 11 is 0. The number of para-hydroxylation sites is 1. The van der Waals surface area contributed by atoms with Crippen molar-refractivity contribution < 1.29 is 14.6 Å². The molecule has 0 radical (unpaired) electrons. The average molecular weight is 448 g/mol. The minimum absolute atomic E-state index is 0.0323. The molecule has 1 saturated carbocycles. The predicted molar refractivity (Wildman–Crippen MR) is 135 cm³/mol. The first-order valence-corrected chi connectivity index (χ1v) is 12.1. The van der Waals surface area contributed by atoms with Gasteiger partial charge >= 0.3 is 0 Å². The van der Waals surface area contributed by atoms with Crippen molar-refractivity contribution in [2.45, 2.75) is 57.3 Å². The van der Waals surface area contributed by atoms with Gasteiger partial charge in [-0.2, -0.15) is 0 Å². The van der Waals surface area contributed by atoms with Crippen LogP contribution >= 0.6 is 0 Å². The summed E-state index contributed by atoms with van der Waals surface area (Å²) in [6.07, 6.45) is 3.85. The molecule has 4 rings (SSSR count). The van der Waals surface area contributed by atoms with Gasteiger partial charge in [0.05, 0.1) is 25.9 Å². The van der Waals surface area contributed by atoms with Gasteiger partial charge in [-0.3, -0.25) is 0 Å². The molecule has 176 valence electrons. The fourth-order valence-electron chi connectivity index (χ4n) is 4.71. The van der Waals surface area contributed by atoms with Crippen LogP contribution in [0.5, 0.6) is 5.75 Å². The normalized spacial score (nSPS) is 16.4. The molecule has 0 amide bonds. The van der Waals surface area contributed by atoms with Crippen molar-refractivity contribution in [1.82, 2.24) is 5.32 Å². The minimum atomic E-state index is -0.571. The van der Waals surface area contributed by atoms with Crippen molar-refractivity contribution in [2.75, 3.05) is 20.3 Å². The second kappa shape index (κ2) is 10.7. The van der Waals surface area contributed by atoms with Crippen LogP contribution in [0.3, 0.4) is 0 Å². The molecular weight excluding hydrogens is 410 g/mol. The number of β-amino-alcohol motifs (C(OH)–C–C–N with tert-alkyl or cyclic N) is 1. The van der Waals surface area contributed by atoms with Crippen LogP contribution in [0.25, 0.3) is 10.8 Å². The molecule has 0 saturated heterocycles. The van der Waals surface area contributed by atoms with Crippen molar-refractivity contribution in [3.05, 3.63) is 77.9 Å². The highest BCUT2D eigenvalue weighted by molar-refractivity contribution is 5.83. The number of ether oxygens (including phenoxy) is 2. The van der Waals surface area contributed by atoms with E-state index in [1.165, 1.54) is 22.8 Å². The quantitative estimate of drug-likeness (QED) is 0.397. The lowest BCUT2D eigenvalue weighted by Crippen LogP contribution is -2.46. The molecule has 2 N–H and O–H groups in total. The molecule has 0 bridgehead atoms. The van der Waals surface area contributed by atoms with Crippen molar-refractivity contribution in [2.24, 2.45) is 5.92 Å². The van der Waals surface area contributed by atoms with Gasteiger partial charge in [0.2, 0.25) is 0 Å². The number of rotatable bonds is 11. The van der Waals surface area contributed by atoms with Crippen LogP contribution in [0.4, 0.5) is 0 Å². The molecule has 33 heavy (non-hydrogen) atoms. The van der Waals surface area contributed by atoms with E-state index < -0.39 is 6.10 Å². The second-order valence-corrected chi connectivity index (χ2v) is 9.96. The number of nitrogens with one attached hydrogen (secondary N) is 1. The lowest BCUT2D eigenvalue weighted by molar-refractivity contribution is -0.0547. The number of aliphatic hydroxyl groups is 1. The first kappa shape index (κ1) is 23.7. The maximum atomic E-state index is 10.7. The van der Waals surface area contributed by atoms with E-state index in [1.54, 1.807) is 7.11 Å². The zero-order valence-corrected chi connectivity index (χ0v) is 20.1. The van der Waals surface area contributed by atoms with E-state index in [2.05, 4.69) is 67.7 Å². The lowest BCUT2D eigenvalue weighted by Gasteiger charge is -2.35. The van der Waals surface area contributed by atoms with E-state index in [-0.39, 0.29) is 11.6 Å². The molecule has 1 aliphatic carbocycles. The molecule has 1 unspecified atom stereocenters. The third-order valence-corrected chi connectivity index (χ3v) is 6.77. The van der Waals surface area contributed by atoms with Gasteiger partial charge in [-0.1, -0.05) is 67.1 Å². The molecule has 2 atom stereocenters. The van der Waals surface area contributed by atoms with E-state index in [1.807, 2.05) is 18.2 Å². The Labute approximate surface area is 197 Å². The first-order chi connectivity index (χ1) is 15.9. The third-order valence-electron chi connectivity index (χ3n) is 6.77. The van der Waals surface area contributed by atoms with Gasteiger partial charge < -0.3 is 19.9 Å². The highest BCUT2D eigenvalue weighted by Gasteiger charge is 2.31. The maximum absolute atomic E-state index is 10.7. The van der Waals surface area contributed by atoms with Crippen LogP contribution in [0.2, 0.25) is 0 Å². The van der Waals surface area contributed by atoms with Crippen molar-refractivity contribution in [3.63, 3.8) is 0 Å². The Balaban J connectivity index is 1.32. The summed E-state index contributed by atoms with van der Waals surface area (Å²) in [5, 5.41) is 16.8. The number of aliphatic hydroxyl groups excluding tert-OH is 1. The third kappa shape index (κ3) is 6.14. The molecule has 0 spiro atoms. The van der Waals surface area contributed by atoms with Crippen LogP contribution < -0.4 is 10.1 Å². The van der Waals surface area contributed by atoms with E-state index in [0.717, 1.165) is 30.6 Å². The topological polar surface area (TPSA) is 50.7 Å². The number of hydrogen-bond acceptors (Lipinski definition) is 4. The van der Waals surface area contributed by atoms with Crippen LogP contribution in [0.1, 0.15) is 50.3 Å². The number of hydrogen-bond donors (Lipinski definition) is 2. The highest BCUT2D eigenvalue weighted by atomic mass is 16.5. The minimum Gasteiger partial charge on any atom is -0.496 e. The van der Waals surface area contributed by atoms with Crippen molar-refractivity contribution in [3.8, 4) is 5.75 Å². The van der Waals surface area contributed by atoms with E-state index >= 15 is 0 Å². The summed E-state index contributed by atoms with van der Waals surface area (Å²) < 4.78 is 11.9. The largest absolute Gasteiger partial charge is 0.496 e.